The van der Waals surface area contributed by atoms with Gasteiger partial charge in [-0.2, -0.15) is 0 Å². The highest BCUT2D eigenvalue weighted by Crippen LogP contribution is 2.18. The summed E-state index contributed by atoms with van der Waals surface area (Å²) in [7, 11) is 0. The number of rotatable bonds is 5. The molecule has 0 aliphatic carbocycles. The van der Waals surface area contributed by atoms with Crippen molar-refractivity contribution in [3.05, 3.63) is 11.9 Å². The summed E-state index contributed by atoms with van der Waals surface area (Å²) in [5.41, 5.74) is 1.10. The zero-order chi connectivity index (χ0) is 10.6. The largest absolute Gasteiger partial charge is 0.249 e. The number of hydrogen-bond donors (Lipinski definition) is 0. The summed E-state index contributed by atoms with van der Waals surface area (Å²) in [6.45, 7) is 8.71. The minimum Gasteiger partial charge on any atom is -0.249 e. The molecule has 80 valence electrons. The maximum Gasteiger partial charge on any atom is 0.0852 e. The summed E-state index contributed by atoms with van der Waals surface area (Å²) in [5, 5.41) is 8.37. The van der Waals surface area contributed by atoms with Gasteiger partial charge in [0.2, 0.25) is 0 Å². The van der Waals surface area contributed by atoms with Crippen LogP contribution in [0, 0.1) is 0 Å². The summed E-state index contributed by atoms with van der Waals surface area (Å²) in [6.07, 6.45) is 5.62. The second-order valence-corrected chi connectivity index (χ2v) is 4.13. The van der Waals surface area contributed by atoms with Crippen molar-refractivity contribution >= 4 is 0 Å². The maximum atomic E-state index is 4.19. The molecule has 1 atom stereocenters. The van der Waals surface area contributed by atoms with Gasteiger partial charge in [-0.1, -0.05) is 39.3 Å². The molecule has 0 fully saturated rings. The van der Waals surface area contributed by atoms with Gasteiger partial charge in [-0.3, -0.25) is 0 Å². The van der Waals surface area contributed by atoms with Gasteiger partial charge in [0.1, 0.15) is 0 Å². The molecule has 3 heteroatoms. The van der Waals surface area contributed by atoms with E-state index in [4.69, 9.17) is 0 Å². The van der Waals surface area contributed by atoms with E-state index in [-0.39, 0.29) is 0 Å². The minimum absolute atomic E-state index is 0.475. The summed E-state index contributed by atoms with van der Waals surface area (Å²) in [5.74, 6) is 0.475. The Bertz CT molecular complexity index is 265. The van der Waals surface area contributed by atoms with Crippen molar-refractivity contribution in [3.8, 4) is 0 Å². The zero-order valence-corrected chi connectivity index (χ0v) is 9.70. The first-order chi connectivity index (χ1) is 6.69. The Labute approximate surface area is 86.5 Å². The van der Waals surface area contributed by atoms with Crippen LogP contribution in [0.5, 0.6) is 0 Å². The molecule has 1 heterocycles. The first-order valence-corrected chi connectivity index (χ1v) is 5.60. The Balaban J connectivity index is 2.73. The molecule has 0 aliphatic heterocycles. The monoisotopic (exact) mass is 195 g/mol. The zero-order valence-electron chi connectivity index (χ0n) is 9.70. The van der Waals surface area contributed by atoms with Gasteiger partial charge in [0.15, 0.2) is 0 Å². The van der Waals surface area contributed by atoms with Crippen LogP contribution in [0.1, 0.15) is 64.6 Å². The van der Waals surface area contributed by atoms with E-state index in [1.54, 1.807) is 0 Å². The Morgan fingerprint density at radius 1 is 1.36 bits per heavy atom. The van der Waals surface area contributed by atoms with E-state index in [0.29, 0.717) is 12.0 Å². The standard InChI is InChI=1S/C11H21N3/c1-5-7-10(6-2)14-8-11(9(3)4)12-13-14/h8-10H,5-7H2,1-4H3. The molecule has 0 aromatic carbocycles. The molecule has 1 aromatic heterocycles. The van der Waals surface area contributed by atoms with Crippen LogP contribution in [0.4, 0.5) is 0 Å². The second-order valence-electron chi connectivity index (χ2n) is 4.13. The van der Waals surface area contributed by atoms with Crippen molar-refractivity contribution in [2.24, 2.45) is 0 Å². The van der Waals surface area contributed by atoms with Crippen molar-refractivity contribution in [1.29, 1.82) is 0 Å². The highest BCUT2D eigenvalue weighted by atomic mass is 15.4. The van der Waals surface area contributed by atoms with E-state index in [9.17, 15) is 0 Å². The third-order valence-corrected chi connectivity index (χ3v) is 2.59. The van der Waals surface area contributed by atoms with Crippen LogP contribution >= 0.6 is 0 Å². The molecule has 1 rings (SSSR count). The third kappa shape index (κ3) is 2.56. The fraction of sp³-hybridized carbons (Fsp3) is 0.818. The van der Waals surface area contributed by atoms with Crippen LogP contribution in [0.3, 0.4) is 0 Å². The van der Waals surface area contributed by atoms with E-state index >= 15 is 0 Å². The Morgan fingerprint density at radius 2 is 2.07 bits per heavy atom. The topological polar surface area (TPSA) is 30.7 Å². The molecule has 0 saturated heterocycles. The minimum atomic E-state index is 0.475. The normalized spacial score (nSPS) is 13.5. The van der Waals surface area contributed by atoms with Crippen molar-refractivity contribution in [2.75, 3.05) is 0 Å². The van der Waals surface area contributed by atoms with Gasteiger partial charge in [0.25, 0.3) is 0 Å². The lowest BCUT2D eigenvalue weighted by Crippen LogP contribution is -2.08. The van der Waals surface area contributed by atoms with Crippen molar-refractivity contribution in [1.82, 2.24) is 15.0 Å². The summed E-state index contributed by atoms with van der Waals surface area (Å²) >= 11 is 0. The van der Waals surface area contributed by atoms with Gasteiger partial charge in [-0.15, -0.1) is 5.10 Å². The quantitative estimate of drug-likeness (QED) is 0.722. The van der Waals surface area contributed by atoms with Gasteiger partial charge >= 0.3 is 0 Å². The van der Waals surface area contributed by atoms with Crippen LogP contribution in [-0.4, -0.2) is 15.0 Å². The molecule has 3 nitrogen and oxygen atoms in total. The van der Waals surface area contributed by atoms with E-state index in [1.807, 2.05) is 4.68 Å². The average molecular weight is 195 g/mol. The van der Waals surface area contributed by atoms with E-state index in [0.717, 1.165) is 12.1 Å². The fourth-order valence-corrected chi connectivity index (χ4v) is 1.59. The molecule has 0 radical (unpaired) electrons. The molecule has 0 saturated carbocycles. The first-order valence-electron chi connectivity index (χ1n) is 5.60. The van der Waals surface area contributed by atoms with Gasteiger partial charge in [0.05, 0.1) is 11.7 Å². The smallest absolute Gasteiger partial charge is 0.0852 e. The predicted molar refractivity (Wildman–Crippen MR) is 58.3 cm³/mol. The Hall–Kier alpha value is -0.860. The van der Waals surface area contributed by atoms with Gasteiger partial charge in [0, 0.05) is 6.20 Å². The van der Waals surface area contributed by atoms with E-state index in [1.165, 1.54) is 12.8 Å². The average Bonchev–Trinajstić information content (AvgIpc) is 2.63. The Kier molecular flexibility index (Phi) is 4.11. The lowest BCUT2D eigenvalue weighted by atomic mass is 10.1. The van der Waals surface area contributed by atoms with Gasteiger partial charge in [-0.25, -0.2) is 4.68 Å². The van der Waals surface area contributed by atoms with Crippen LogP contribution in [0.2, 0.25) is 0 Å². The number of hydrogen-bond acceptors (Lipinski definition) is 2. The van der Waals surface area contributed by atoms with Crippen molar-refractivity contribution in [3.63, 3.8) is 0 Å². The molecule has 0 aliphatic rings. The molecular weight excluding hydrogens is 174 g/mol. The molecule has 14 heavy (non-hydrogen) atoms. The highest BCUT2D eigenvalue weighted by molar-refractivity contribution is 4.98. The predicted octanol–water partition coefficient (Wildman–Crippen LogP) is 3.15. The number of aromatic nitrogens is 3. The SMILES string of the molecule is CCCC(CC)n1cc(C(C)C)nn1. The van der Waals surface area contributed by atoms with Gasteiger partial charge in [-0.05, 0) is 18.8 Å². The molecule has 0 amide bonds. The maximum absolute atomic E-state index is 4.19. The Morgan fingerprint density at radius 3 is 2.50 bits per heavy atom. The summed E-state index contributed by atoms with van der Waals surface area (Å²) in [6, 6.07) is 0.528. The molecule has 1 aromatic rings. The van der Waals surface area contributed by atoms with E-state index in [2.05, 4.69) is 44.2 Å². The van der Waals surface area contributed by atoms with E-state index < -0.39 is 0 Å². The molecule has 0 bridgehead atoms. The molecule has 0 spiro atoms. The third-order valence-electron chi connectivity index (χ3n) is 2.59. The van der Waals surface area contributed by atoms with Crippen molar-refractivity contribution in [2.45, 2.75) is 58.9 Å². The summed E-state index contributed by atoms with van der Waals surface area (Å²) in [4.78, 5) is 0. The lowest BCUT2D eigenvalue weighted by Gasteiger charge is -2.12. The highest BCUT2D eigenvalue weighted by Gasteiger charge is 2.11. The molecule has 1 unspecified atom stereocenters. The molecule has 0 N–H and O–H groups in total. The van der Waals surface area contributed by atoms with Crippen LogP contribution in [0.15, 0.2) is 6.20 Å². The van der Waals surface area contributed by atoms with Crippen molar-refractivity contribution < 1.29 is 0 Å². The molecular formula is C11H21N3. The second kappa shape index (κ2) is 5.13. The van der Waals surface area contributed by atoms with Crippen LogP contribution < -0.4 is 0 Å². The summed E-state index contributed by atoms with van der Waals surface area (Å²) < 4.78 is 2.03. The fourth-order valence-electron chi connectivity index (χ4n) is 1.59. The lowest BCUT2D eigenvalue weighted by molar-refractivity contribution is 0.400. The van der Waals surface area contributed by atoms with Gasteiger partial charge < -0.3 is 0 Å². The number of nitrogens with zero attached hydrogens (tertiary/aromatic N) is 3. The van der Waals surface area contributed by atoms with Crippen LogP contribution in [-0.2, 0) is 0 Å². The first kappa shape index (κ1) is 11.2. The van der Waals surface area contributed by atoms with Crippen LogP contribution in [0.25, 0.3) is 0 Å².